The molecule has 0 heterocycles. The van der Waals surface area contributed by atoms with Gasteiger partial charge in [-0.25, -0.2) is 0 Å². The SMILES string of the molecule is CCCCCCCCCCCCCCCCOc1ccc(C)cc1C(C)=NO. The molecule has 0 atom stereocenters. The fourth-order valence-electron chi connectivity index (χ4n) is 3.59. The highest BCUT2D eigenvalue weighted by Gasteiger charge is 2.07. The summed E-state index contributed by atoms with van der Waals surface area (Å²) in [5, 5.41) is 12.4. The summed E-state index contributed by atoms with van der Waals surface area (Å²) in [5.74, 6) is 0.815. The molecule has 3 heteroatoms. The average Bonchev–Trinajstić information content (AvgIpc) is 2.71. The third kappa shape index (κ3) is 11.4. The topological polar surface area (TPSA) is 41.8 Å². The van der Waals surface area contributed by atoms with Crippen molar-refractivity contribution in [3.8, 4) is 5.75 Å². The molecule has 0 amide bonds. The van der Waals surface area contributed by atoms with E-state index >= 15 is 0 Å². The molecule has 0 saturated heterocycles. The van der Waals surface area contributed by atoms with E-state index in [0.717, 1.165) is 29.9 Å². The molecular weight excluding hydrogens is 346 g/mol. The second kappa shape index (κ2) is 16.4. The van der Waals surface area contributed by atoms with E-state index in [9.17, 15) is 0 Å². The minimum atomic E-state index is 0.597. The summed E-state index contributed by atoms with van der Waals surface area (Å²) in [6, 6.07) is 6.02. The molecule has 0 aliphatic rings. The summed E-state index contributed by atoms with van der Waals surface area (Å²) in [6.07, 6.45) is 19.1. The van der Waals surface area contributed by atoms with Crippen molar-refractivity contribution in [3.05, 3.63) is 29.3 Å². The number of ether oxygens (including phenoxy) is 1. The maximum Gasteiger partial charge on any atom is 0.128 e. The number of hydrogen-bond donors (Lipinski definition) is 1. The second-order valence-electron chi connectivity index (χ2n) is 8.13. The number of nitrogens with zero attached hydrogens (tertiary/aromatic N) is 1. The maximum atomic E-state index is 9.04. The number of hydrogen-bond acceptors (Lipinski definition) is 3. The fraction of sp³-hybridized carbons (Fsp3) is 0.720. The van der Waals surface area contributed by atoms with Crippen LogP contribution in [0.5, 0.6) is 5.75 Å². The Bertz CT molecular complexity index is 539. The molecule has 0 radical (unpaired) electrons. The van der Waals surface area contributed by atoms with Crippen LogP contribution in [-0.4, -0.2) is 17.5 Å². The molecule has 0 unspecified atom stereocenters. The monoisotopic (exact) mass is 389 g/mol. The molecule has 28 heavy (non-hydrogen) atoms. The summed E-state index contributed by atoms with van der Waals surface area (Å²) < 4.78 is 5.93. The van der Waals surface area contributed by atoms with Crippen LogP contribution in [0.25, 0.3) is 0 Å². The molecule has 0 fully saturated rings. The highest BCUT2D eigenvalue weighted by atomic mass is 16.5. The summed E-state index contributed by atoms with van der Waals surface area (Å²) in [6.45, 7) is 6.84. The Morgan fingerprint density at radius 3 is 1.82 bits per heavy atom. The zero-order chi connectivity index (χ0) is 20.5. The van der Waals surface area contributed by atoms with Gasteiger partial charge in [-0.15, -0.1) is 0 Å². The number of oxime groups is 1. The Morgan fingerprint density at radius 2 is 1.32 bits per heavy atom. The quantitative estimate of drug-likeness (QED) is 0.127. The van der Waals surface area contributed by atoms with Gasteiger partial charge in [-0.05, 0) is 32.4 Å². The van der Waals surface area contributed by atoms with E-state index in [0.29, 0.717) is 5.71 Å². The largest absolute Gasteiger partial charge is 0.493 e. The molecule has 160 valence electrons. The Labute approximate surface area is 173 Å². The predicted octanol–water partition coefficient (Wildman–Crippen LogP) is 8.05. The van der Waals surface area contributed by atoms with Crippen LogP contribution in [-0.2, 0) is 0 Å². The Morgan fingerprint density at radius 1 is 0.821 bits per heavy atom. The van der Waals surface area contributed by atoms with Crippen molar-refractivity contribution < 1.29 is 9.94 Å². The number of benzene rings is 1. The van der Waals surface area contributed by atoms with Crippen molar-refractivity contribution in [2.45, 2.75) is 111 Å². The molecule has 3 nitrogen and oxygen atoms in total. The van der Waals surface area contributed by atoms with Crippen molar-refractivity contribution in [1.82, 2.24) is 0 Å². The predicted molar refractivity (Wildman–Crippen MR) is 121 cm³/mol. The van der Waals surface area contributed by atoms with Crippen LogP contribution in [0.1, 0.15) is 115 Å². The zero-order valence-electron chi connectivity index (χ0n) is 18.6. The van der Waals surface area contributed by atoms with Gasteiger partial charge < -0.3 is 9.94 Å². The molecule has 0 aliphatic carbocycles. The van der Waals surface area contributed by atoms with Crippen molar-refractivity contribution in [2.75, 3.05) is 6.61 Å². The minimum absolute atomic E-state index is 0.597. The standard InChI is InChI=1S/C25H43NO2/c1-4-5-6-7-8-9-10-11-12-13-14-15-16-17-20-28-25-19-18-22(2)21-24(25)23(3)26-27/h18-19,21,27H,4-17,20H2,1-3H3. The van der Waals surface area contributed by atoms with Crippen molar-refractivity contribution in [1.29, 1.82) is 0 Å². The van der Waals surface area contributed by atoms with Gasteiger partial charge in [0.15, 0.2) is 0 Å². The van der Waals surface area contributed by atoms with Gasteiger partial charge in [0.05, 0.1) is 12.3 Å². The molecule has 0 bridgehead atoms. The van der Waals surface area contributed by atoms with E-state index in [4.69, 9.17) is 9.94 Å². The molecule has 1 aromatic carbocycles. The van der Waals surface area contributed by atoms with Crippen LogP contribution in [0, 0.1) is 6.92 Å². The smallest absolute Gasteiger partial charge is 0.128 e. The van der Waals surface area contributed by atoms with Gasteiger partial charge >= 0.3 is 0 Å². The van der Waals surface area contributed by atoms with Crippen molar-refractivity contribution >= 4 is 5.71 Å². The van der Waals surface area contributed by atoms with Gasteiger partial charge in [0, 0.05) is 5.56 Å². The fourth-order valence-corrected chi connectivity index (χ4v) is 3.59. The van der Waals surface area contributed by atoms with Crippen LogP contribution in [0.2, 0.25) is 0 Å². The van der Waals surface area contributed by atoms with Crippen LogP contribution < -0.4 is 4.74 Å². The number of rotatable bonds is 17. The van der Waals surface area contributed by atoms with Gasteiger partial charge in [-0.3, -0.25) is 0 Å². The van der Waals surface area contributed by atoms with E-state index in [1.54, 1.807) is 6.92 Å². The number of unbranched alkanes of at least 4 members (excludes halogenated alkanes) is 13. The lowest BCUT2D eigenvalue weighted by Crippen LogP contribution is -2.04. The Hall–Kier alpha value is -1.51. The van der Waals surface area contributed by atoms with E-state index in [-0.39, 0.29) is 0 Å². The third-order valence-electron chi connectivity index (χ3n) is 5.43. The minimum Gasteiger partial charge on any atom is -0.493 e. The lowest BCUT2D eigenvalue weighted by atomic mass is 10.0. The highest BCUT2D eigenvalue weighted by molar-refractivity contribution is 6.00. The summed E-state index contributed by atoms with van der Waals surface area (Å²) in [5.41, 5.74) is 2.62. The summed E-state index contributed by atoms with van der Waals surface area (Å²) >= 11 is 0. The van der Waals surface area contributed by atoms with Crippen molar-refractivity contribution in [3.63, 3.8) is 0 Å². The molecule has 1 aromatic rings. The van der Waals surface area contributed by atoms with Crippen LogP contribution in [0.15, 0.2) is 23.4 Å². The van der Waals surface area contributed by atoms with Crippen LogP contribution in [0.3, 0.4) is 0 Å². The van der Waals surface area contributed by atoms with Crippen molar-refractivity contribution in [2.24, 2.45) is 5.16 Å². The van der Waals surface area contributed by atoms with Gasteiger partial charge in [-0.2, -0.15) is 0 Å². The van der Waals surface area contributed by atoms with E-state index < -0.39 is 0 Å². The summed E-state index contributed by atoms with van der Waals surface area (Å²) in [7, 11) is 0. The number of aryl methyl sites for hydroxylation is 1. The zero-order valence-corrected chi connectivity index (χ0v) is 18.6. The van der Waals surface area contributed by atoms with E-state index in [1.165, 1.54) is 83.5 Å². The third-order valence-corrected chi connectivity index (χ3v) is 5.43. The van der Waals surface area contributed by atoms with Gasteiger partial charge in [0.2, 0.25) is 0 Å². The van der Waals surface area contributed by atoms with Gasteiger partial charge in [-0.1, -0.05) is 107 Å². The molecular formula is C25H43NO2. The second-order valence-corrected chi connectivity index (χ2v) is 8.13. The first-order chi connectivity index (χ1) is 13.7. The molecule has 0 aromatic heterocycles. The summed E-state index contributed by atoms with van der Waals surface area (Å²) in [4.78, 5) is 0. The molecule has 0 aliphatic heterocycles. The first kappa shape index (κ1) is 24.5. The Kier molecular flexibility index (Phi) is 14.4. The maximum absolute atomic E-state index is 9.04. The highest BCUT2D eigenvalue weighted by Crippen LogP contribution is 2.21. The average molecular weight is 390 g/mol. The van der Waals surface area contributed by atoms with Crippen LogP contribution in [0.4, 0.5) is 0 Å². The van der Waals surface area contributed by atoms with E-state index in [2.05, 4.69) is 12.1 Å². The molecule has 0 spiro atoms. The molecule has 1 N–H and O–H groups in total. The lowest BCUT2D eigenvalue weighted by molar-refractivity contribution is 0.301. The Balaban J connectivity index is 1.99. The van der Waals surface area contributed by atoms with E-state index in [1.807, 2.05) is 25.1 Å². The first-order valence-corrected chi connectivity index (χ1v) is 11.6. The van der Waals surface area contributed by atoms with Gasteiger partial charge in [0.1, 0.15) is 5.75 Å². The first-order valence-electron chi connectivity index (χ1n) is 11.6. The normalized spacial score (nSPS) is 11.8. The van der Waals surface area contributed by atoms with Gasteiger partial charge in [0.25, 0.3) is 0 Å². The molecule has 0 saturated carbocycles. The van der Waals surface area contributed by atoms with Crippen LogP contribution >= 0.6 is 0 Å². The molecule has 1 rings (SSSR count). The lowest BCUT2D eigenvalue weighted by Gasteiger charge is -2.11.